The van der Waals surface area contributed by atoms with Gasteiger partial charge in [0.25, 0.3) is 11.6 Å². The fourth-order valence-electron chi connectivity index (χ4n) is 2.10. The van der Waals surface area contributed by atoms with Crippen molar-refractivity contribution in [3.63, 3.8) is 0 Å². The van der Waals surface area contributed by atoms with Gasteiger partial charge >= 0.3 is 0 Å². The van der Waals surface area contributed by atoms with E-state index in [4.69, 9.17) is 11.6 Å². The molecule has 1 aliphatic heterocycles. The number of nitro benzene ring substituents is 1. The quantitative estimate of drug-likeness (QED) is 0.673. The summed E-state index contributed by atoms with van der Waals surface area (Å²) in [5.41, 5.74) is 0.0389. The van der Waals surface area contributed by atoms with Crippen LogP contribution in [0.1, 0.15) is 17.3 Å². The topological polar surface area (TPSA) is 92.6 Å². The predicted molar refractivity (Wildman–Crippen MR) is 76.2 cm³/mol. The Bertz CT molecular complexity index is 599. The maximum absolute atomic E-state index is 12.2. The van der Waals surface area contributed by atoms with Gasteiger partial charge in [-0.3, -0.25) is 19.7 Å². The van der Waals surface area contributed by atoms with Crippen molar-refractivity contribution in [3.05, 3.63) is 38.9 Å². The van der Waals surface area contributed by atoms with Crippen molar-refractivity contribution < 1.29 is 14.5 Å². The number of hydrogen-bond acceptors (Lipinski definition) is 4. The van der Waals surface area contributed by atoms with E-state index >= 15 is 0 Å². The van der Waals surface area contributed by atoms with Gasteiger partial charge in [-0.05, 0) is 19.1 Å². The second-order valence-electron chi connectivity index (χ2n) is 4.72. The molecule has 8 heteroatoms. The minimum atomic E-state index is -0.606. The van der Waals surface area contributed by atoms with E-state index < -0.39 is 4.92 Å². The highest BCUT2D eigenvalue weighted by molar-refractivity contribution is 6.33. The number of carbonyl (C=O) groups is 2. The predicted octanol–water partition coefficient (Wildman–Crippen LogP) is 1.46. The van der Waals surface area contributed by atoms with Crippen LogP contribution in [0.4, 0.5) is 5.69 Å². The Morgan fingerprint density at radius 3 is 2.67 bits per heavy atom. The Labute approximate surface area is 126 Å². The normalized spacial score (nSPS) is 14.5. The van der Waals surface area contributed by atoms with E-state index in [2.05, 4.69) is 5.32 Å². The number of amides is 2. The van der Waals surface area contributed by atoms with Gasteiger partial charge in [0.1, 0.15) is 5.02 Å². The van der Waals surface area contributed by atoms with Gasteiger partial charge in [0.2, 0.25) is 5.91 Å². The highest BCUT2D eigenvalue weighted by atomic mass is 35.5. The molecule has 0 saturated carbocycles. The molecule has 0 spiro atoms. The number of nitrogens with one attached hydrogen (secondary N) is 1. The molecule has 2 amide bonds. The first-order valence-electron chi connectivity index (χ1n) is 6.45. The lowest BCUT2D eigenvalue weighted by Gasteiger charge is -2.38. The first-order valence-corrected chi connectivity index (χ1v) is 6.82. The average Bonchev–Trinajstić information content (AvgIpc) is 2.36. The second-order valence-corrected chi connectivity index (χ2v) is 5.13. The van der Waals surface area contributed by atoms with Gasteiger partial charge in [0, 0.05) is 31.3 Å². The van der Waals surface area contributed by atoms with Gasteiger partial charge < -0.3 is 10.2 Å². The van der Waals surface area contributed by atoms with Crippen LogP contribution in [-0.2, 0) is 4.79 Å². The molecule has 7 nitrogen and oxygen atoms in total. The summed E-state index contributed by atoms with van der Waals surface area (Å²) in [5.74, 6) is -0.543. The summed E-state index contributed by atoms with van der Waals surface area (Å²) in [7, 11) is 0. The van der Waals surface area contributed by atoms with E-state index in [1.807, 2.05) is 6.92 Å². The summed E-state index contributed by atoms with van der Waals surface area (Å²) in [4.78, 5) is 35.3. The molecular formula is C13H14ClN3O4. The highest BCUT2D eigenvalue weighted by Gasteiger charge is 2.36. The van der Waals surface area contributed by atoms with Crippen molar-refractivity contribution in [1.82, 2.24) is 10.2 Å². The Balaban J connectivity index is 2.01. The molecule has 2 rings (SSSR count). The van der Waals surface area contributed by atoms with Crippen LogP contribution in [0, 0.1) is 16.0 Å². The number of nitrogens with zero attached hydrogens (tertiary/aromatic N) is 2. The Kier molecular flexibility index (Phi) is 4.42. The second kappa shape index (κ2) is 6.09. The molecule has 0 unspecified atom stereocenters. The SMILES string of the molecule is CCNC(=O)C1CN(C(=O)c2ccc([N+](=O)[O-])c(Cl)c2)C1. The summed E-state index contributed by atoms with van der Waals surface area (Å²) >= 11 is 5.78. The monoisotopic (exact) mass is 311 g/mol. The van der Waals surface area contributed by atoms with Crippen LogP contribution < -0.4 is 5.32 Å². The van der Waals surface area contributed by atoms with Crippen LogP contribution in [0.2, 0.25) is 5.02 Å². The van der Waals surface area contributed by atoms with Crippen molar-refractivity contribution in [2.45, 2.75) is 6.92 Å². The van der Waals surface area contributed by atoms with Crippen LogP contribution in [0.3, 0.4) is 0 Å². The third kappa shape index (κ3) is 3.13. The molecule has 0 bridgehead atoms. The molecule has 1 fully saturated rings. The highest BCUT2D eigenvalue weighted by Crippen LogP contribution is 2.27. The van der Waals surface area contributed by atoms with Crippen LogP contribution in [-0.4, -0.2) is 41.3 Å². The summed E-state index contributed by atoms with van der Waals surface area (Å²) < 4.78 is 0. The van der Waals surface area contributed by atoms with Gasteiger partial charge in [-0.15, -0.1) is 0 Å². The van der Waals surface area contributed by atoms with Crippen molar-refractivity contribution in [2.24, 2.45) is 5.92 Å². The molecule has 112 valence electrons. The lowest BCUT2D eigenvalue weighted by molar-refractivity contribution is -0.384. The van der Waals surface area contributed by atoms with Gasteiger partial charge in [-0.2, -0.15) is 0 Å². The maximum atomic E-state index is 12.2. The molecular weight excluding hydrogens is 298 g/mol. The minimum Gasteiger partial charge on any atom is -0.356 e. The third-order valence-corrected chi connectivity index (χ3v) is 3.58. The molecule has 1 aromatic carbocycles. The summed E-state index contributed by atoms with van der Waals surface area (Å²) in [6.45, 7) is 3.08. The van der Waals surface area contributed by atoms with E-state index in [9.17, 15) is 19.7 Å². The van der Waals surface area contributed by atoms with Crippen LogP contribution >= 0.6 is 11.6 Å². The molecule has 0 radical (unpaired) electrons. The van der Waals surface area contributed by atoms with E-state index in [-0.39, 0.29) is 34.0 Å². The molecule has 0 aromatic heterocycles. The molecule has 1 N–H and O–H groups in total. The lowest BCUT2D eigenvalue weighted by Crippen LogP contribution is -2.55. The molecule has 1 heterocycles. The number of halogens is 1. The lowest BCUT2D eigenvalue weighted by atomic mass is 9.98. The van der Waals surface area contributed by atoms with Crippen molar-refractivity contribution in [1.29, 1.82) is 0 Å². The van der Waals surface area contributed by atoms with Gasteiger partial charge in [-0.25, -0.2) is 0 Å². The average molecular weight is 312 g/mol. The van der Waals surface area contributed by atoms with Crippen LogP contribution in [0.15, 0.2) is 18.2 Å². The number of carbonyl (C=O) groups excluding carboxylic acids is 2. The van der Waals surface area contributed by atoms with Crippen LogP contribution in [0.5, 0.6) is 0 Å². The summed E-state index contributed by atoms with van der Waals surface area (Å²) in [6.07, 6.45) is 0. The number of benzene rings is 1. The first kappa shape index (κ1) is 15.2. The molecule has 1 aliphatic rings. The van der Waals surface area contributed by atoms with E-state index in [1.165, 1.54) is 23.1 Å². The smallest absolute Gasteiger partial charge is 0.287 e. The molecule has 0 aliphatic carbocycles. The molecule has 1 aromatic rings. The van der Waals surface area contributed by atoms with Crippen molar-refractivity contribution in [3.8, 4) is 0 Å². The largest absolute Gasteiger partial charge is 0.356 e. The van der Waals surface area contributed by atoms with E-state index in [0.717, 1.165) is 0 Å². The van der Waals surface area contributed by atoms with Crippen LogP contribution in [0.25, 0.3) is 0 Å². The number of hydrogen-bond donors (Lipinski definition) is 1. The zero-order chi connectivity index (χ0) is 15.6. The Morgan fingerprint density at radius 1 is 1.48 bits per heavy atom. The zero-order valence-corrected chi connectivity index (χ0v) is 12.1. The maximum Gasteiger partial charge on any atom is 0.287 e. The Morgan fingerprint density at radius 2 is 2.14 bits per heavy atom. The summed E-state index contributed by atoms with van der Waals surface area (Å²) in [5, 5.41) is 13.3. The van der Waals surface area contributed by atoms with E-state index in [1.54, 1.807) is 0 Å². The molecule has 21 heavy (non-hydrogen) atoms. The standard InChI is InChI=1S/C13H14ClN3O4/c1-2-15-12(18)9-6-16(7-9)13(19)8-3-4-11(17(20)21)10(14)5-8/h3-5,9H,2,6-7H2,1H3,(H,15,18). The number of nitro groups is 1. The molecule has 1 saturated heterocycles. The third-order valence-electron chi connectivity index (χ3n) is 3.28. The number of likely N-dealkylation sites (tertiary alicyclic amines) is 1. The minimum absolute atomic E-state index is 0.0664. The van der Waals surface area contributed by atoms with Gasteiger partial charge in [-0.1, -0.05) is 11.6 Å². The summed E-state index contributed by atoms with van der Waals surface area (Å²) in [6, 6.07) is 3.85. The van der Waals surface area contributed by atoms with Gasteiger partial charge in [0.05, 0.1) is 10.8 Å². The fourth-order valence-corrected chi connectivity index (χ4v) is 2.35. The Hall–Kier alpha value is -2.15. The zero-order valence-electron chi connectivity index (χ0n) is 11.3. The van der Waals surface area contributed by atoms with Gasteiger partial charge in [0.15, 0.2) is 0 Å². The van der Waals surface area contributed by atoms with E-state index in [0.29, 0.717) is 19.6 Å². The van der Waals surface area contributed by atoms with Crippen molar-refractivity contribution >= 4 is 29.1 Å². The van der Waals surface area contributed by atoms with Crippen molar-refractivity contribution in [2.75, 3.05) is 19.6 Å². The first-order chi connectivity index (χ1) is 9.93. The molecule has 0 atom stereocenters. The fraction of sp³-hybridized carbons (Fsp3) is 0.385. The number of rotatable bonds is 4.